The number of nitrogens with one attached hydrogen (secondary N) is 2. The highest BCUT2D eigenvalue weighted by atomic mass is 127. The number of aliphatic imine (C=N–C) groups is 1. The maximum Gasteiger partial charge on any atom is 0.213 e. The Labute approximate surface area is 198 Å². The molecule has 30 heavy (non-hydrogen) atoms. The van der Waals surface area contributed by atoms with E-state index in [2.05, 4.69) is 15.6 Å². The lowest BCUT2D eigenvalue weighted by Crippen LogP contribution is -2.39. The molecular formula is C20H37IN4O4S. The number of methoxy groups -OCH3 is 1. The van der Waals surface area contributed by atoms with Gasteiger partial charge in [0.1, 0.15) is 12.4 Å². The van der Waals surface area contributed by atoms with E-state index >= 15 is 0 Å². The van der Waals surface area contributed by atoms with Crippen LogP contribution in [0.15, 0.2) is 23.2 Å². The van der Waals surface area contributed by atoms with Crippen LogP contribution < -0.4 is 15.4 Å². The summed E-state index contributed by atoms with van der Waals surface area (Å²) in [6.45, 7) is 9.01. The summed E-state index contributed by atoms with van der Waals surface area (Å²) >= 11 is 0. The molecular weight excluding hydrogens is 519 g/mol. The van der Waals surface area contributed by atoms with Crippen LogP contribution in [0.25, 0.3) is 0 Å². The molecule has 0 unspecified atom stereocenters. The summed E-state index contributed by atoms with van der Waals surface area (Å²) in [7, 11) is 0.123. The van der Waals surface area contributed by atoms with Crippen molar-refractivity contribution >= 4 is 40.0 Å². The fourth-order valence-electron chi connectivity index (χ4n) is 2.54. The van der Waals surface area contributed by atoms with Crippen molar-refractivity contribution in [3.8, 4) is 5.75 Å². The summed E-state index contributed by atoms with van der Waals surface area (Å²) in [6.07, 6.45) is 0.691. The first-order valence-corrected chi connectivity index (χ1v) is 11.6. The minimum atomic E-state index is -3.14. The average Bonchev–Trinajstić information content (AvgIpc) is 2.70. The van der Waals surface area contributed by atoms with Gasteiger partial charge in [-0.25, -0.2) is 17.7 Å². The van der Waals surface area contributed by atoms with Crippen molar-refractivity contribution in [2.75, 3.05) is 52.8 Å². The highest BCUT2D eigenvalue weighted by Crippen LogP contribution is 2.21. The predicted molar refractivity (Wildman–Crippen MR) is 133 cm³/mol. The molecule has 10 heteroatoms. The van der Waals surface area contributed by atoms with E-state index in [0.29, 0.717) is 45.2 Å². The van der Waals surface area contributed by atoms with Crippen molar-refractivity contribution in [3.05, 3.63) is 29.3 Å². The maximum atomic E-state index is 11.8. The first-order chi connectivity index (χ1) is 13.8. The van der Waals surface area contributed by atoms with E-state index in [1.165, 1.54) is 4.31 Å². The summed E-state index contributed by atoms with van der Waals surface area (Å²) in [5.74, 6) is 1.62. The fourth-order valence-corrected chi connectivity index (χ4v) is 3.38. The van der Waals surface area contributed by atoms with Crippen LogP contribution in [0.1, 0.15) is 31.4 Å². The molecule has 0 aliphatic rings. The molecule has 0 aliphatic heterocycles. The smallest absolute Gasteiger partial charge is 0.213 e. The van der Waals surface area contributed by atoms with E-state index in [1.807, 2.05) is 32.0 Å². The lowest BCUT2D eigenvalue weighted by molar-refractivity contribution is 0.145. The van der Waals surface area contributed by atoms with E-state index in [0.717, 1.165) is 23.4 Å². The molecule has 0 aliphatic carbocycles. The summed E-state index contributed by atoms with van der Waals surface area (Å²) in [4.78, 5) is 4.64. The van der Waals surface area contributed by atoms with Gasteiger partial charge in [-0.3, -0.25) is 0 Å². The van der Waals surface area contributed by atoms with Crippen molar-refractivity contribution in [1.82, 2.24) is 14.9 Å². The van der Waals surface area contributed by atoms with Gasteiger partial charge in [-0.15, -0.1) is 24.0 Å². The minimum absolute atomic E-state index is 0. The second-order valence-corrected chi connectivity index (χ2v) is 9.01. The van der Waals surface area contributed by atoms with Gasteiger partial charge in [-0.2, -0.15) is 0 Å². The summed E-state index contributed by atoms with van der Waals surface area (Å²) in [6, 6.07) is 6.07. The Kier molecular flexibility index (Phi) is 15.1. The van der Waals surface area contributed by atoms with Gasteiger partial charge in [0.05, 0.1) is 18.9 Å². The number of rotatable bonds is 13. The average molecular weight is 557 g/mol. The van der Waals surface area contributed by atoms with Gasteiger partial charge in [0.25, 0.3) is 0 Å². The molecule has 2 N–H and O–H groups in total. The minimum Gasteiger partial charge on any atom is -0.491 e. The molecule has 0 heterocycles. The van der Waals surface area contributed by atoms with Crippen molar-refractivity contribution < 1.29 is 17.9 Å². The Morgan fingerprint density at radius 1 is 1.20 bits per heavy atom. The SMILES string of the molecule is CCNC(=NCc1ccc(C)cc1OCCOC)NCCCN(C)S(=O)(=O)CC.I. The number of halogens is 1. The van der Waals surface area contributed by atoms with E-state index in [4.69, 9.17) is 9.47 Å². The molecule has 0 fully saturated rings. The number of benzene rings is 1. The number of hydrogen-bond acceptors (Lipinski definition) is 5. The van der Waals surface area contributed by atoms with E-state index in [9.17, 15) is 8.42 Å². The summed E-state index contributed by atoms with van der Waals surface area (Å²) in [5, 5.41) is 6.47. The fraction of sp³-hybridized carbons (Fsp3) is 0.650. The van der Waals surface area contributed by atoms with Gasteiger partial charge in [-0.05, 0) is 38.8 Å². The molecule has 0 aromatic heterocycles. The van der Waals surface area contributed by atoms with Crippen molar-refractivity contribution in [1.29, 1.82) is 0 Å². The molecule has 174 valence electrons. The Morgan fingerprint density at radius 2 is 1.93 bits per heavy atom. The third-order valence-corrected chi connectivity index (χ3v) is 6.16. The quantitative estimate of drug-likeness (QED) is 0.168. The highest BCUT2D eigenvalue weighted by molar-refractivity contribution is 14.0. The Morgan fingerprint density at radius 3 is 2.57 bits per heavy atom. The third-order valence-electron chi connectivity index (χ3n) is 4.30. The normalized spacial score (nSPS) is 11.9. The van der Waals surface area contributed by atoms with Crippen LogP contribution in [-0.2, 0) is 21.3 Å². The topological polar surface area (TPSA) is 92.3 Å². The molecule has 0 saturated heterocycles. The lowest BCUT2D eigenvalue weighted by Gasteiger charge is -2.17. The molecule has 8 nitrogen and oxygen atoms in total. The Bertz CT molecular complexity index is 744. The van der Waals surface area contributed by atoms with Crippen LogP contribution >= 0.6 is 24.0 Å². The highest BCUT2D eigenvalue weighted by Gasteiger charge is 2.14. The molecule has 1 aromatic carbocycles. The molecule has 0 saturated carbocycles. The predicted octanol–water partition coefficient (Wildman–Crippen LogP) is 2.36. The summed E-state index contributed by atoms with van der Waals surface area (Å²) in [5.41, 5.74) is 2.12. The van der Waals surface area contributed by atoms with Crippen molar-refractivity contribution in [3.63, 3.8) is 0 Å². The number of ether oxygens (including phenoxy) is 2. The van der Waals surface area contributed by atoms with Crippen LogP contribution in [0.2, 0.25) is 0 Å². The van der Waals surface area contributed by atoms with Gasteiger partial charge in [-0.1, -0.05) is 12.1 Å². The number of nitrogens with zero attached hydrogens (tertiary/aromatic N) is 2. The zero-order valence-corrected chi connectivity index (χ0v) is 21.9. The van der Waals surface area contributed by atoms with Crippen LogP contribution in [0.4, 0.5) is 0 Å². The number of hydrogen-bond donors (Lipinski definition) is 2. The molecule has 0 atom stereocenters. The van der Waals surface area contributed by atoms with Gasteiger partial charge in [0.15, 0.2) is 5.96 Å². The van der Waals surface area contributed by atoms with Crippen LogP contribution in [0, 0.1) is 6.92 Å². The van der Waals surface area contributed by atoms with Crippen LogP contribution in [0.5, 0.6) is 5.75 Å². The van der Waals surface area contributed by atoms with Crippen LogP contribution in [-0.4, -0.2) is 71.4 Å². The van der Waals surface area contributed by atoms with Gasteiger partial charge >= 0.3 is 0 Å². The maximum absolute atomic E-state index is 11.8. The zero-order chi connectivity index (χ0) is 21.7. The largest absolute Gasteiger partial charge is 0.491 e. The first-order valence-electron chi connectivity index (χ1n) is 10.0. The Hall–Kier alpha value is -1.11. The van der Waals surface area contributed by atoms with Gasteiger partial charge in [0.2, 0.25) is 10.0 Å². The number of guanidine groups is 1. The lowest BCUT2D eigenvalue weighted by atomic mass is 10.1. The third kappa shape index (κ3) is 10.8. The Balaban J connectivity index is 0.00000841. The molecule has 1 rings (SSSR count). The summed E-state index contributed by atoms with van der Waals surface area (Å²) < 4.78 is 35.8. The zero-order valence-electron chi connectivity index (χ0n) is 18.7. The number of aryl methyl sites for hydroxylation is 1. The molecule has 0 spiro atoms. The number of sulfonamides is 1. The van der Waals surface area contributed by atoms with Gasteiger partial charge in [0, 0.05) is 39.4 Å². The standard InChI is InChI=1S/C20H36N4O4S.HI/c1-6-21-20(22-11-8-12-24(4)29(25,26)7-2)23-16-18-10-9-17(3)15-19(18)28-14-13-27-5;/h9-10,15H,6-8,11-14,16H2,1-5H3,(H2,21,22,23);1H. The molecule has 0 bridgehead atoms. The molecule has 1 aromatic rings. The molecule has 0 amide bonds. The van der Waals surface area contributed by atoms with E-state index in [-0.39, 0.29) is 29.7 Å². The van der Waals surface area contributed by atoms with E-state index in [1.54, 1.807) is 21.1 Å². The van der Waals surface area contributed by atoms with Crippen molar-refractivity contribution in [2.45, 2.75) is 33.7 Å². The van der Waals surface area contributed by atoms with E-state index < -0.39 is 10.0 Å². The van der Waals surface area contributed by atoms with Crippen LogP contribution in [0.3, 0.4) is 0 Å². The monoisotopic (exact) mass is 556 g/mol. The van der Waals surface area contributed by atoms with Crippen molar-refractivity contribution in [2.24, 2.45) is 4.99 Å². The first kappa shape index (κ1) is 28.9. The second-order valence-electron chi connectivity index (χ2n) is 6.65. The van der Waals surface area contributed by atoms with Gasteiger partial charge < -0.3 is 20.1 Å². The molecule has 0 radical (unpaired) electrons. The second kappa shape index (κ2) is 15.7.